The van der Waals surface area contributed by atoms with E-state index in [0.29, 0.717) is 16.9 Å². The van der Waals surface area contributed by atoms with Gasteiger partial charge in [0.1, 0.15) is 12.3 Å². The Morgan fingerprint density at radius 2 is 1.75 bits per heavy atom. The molecule has 2 aromatic rings. The van der Waals surface area contributed by atoms with Crippen molar-refractivity contribution in [1.82, 2.24) is 10.2 Å². The van der Waals surface area contributed by atoms with Gasteiger partial charge in [0.05, 0.1) is 26.2 Å². The van der Waals surface area contributed by atoms with E-state index in [4.69, 9.17) is 4.74 Å². The molecule has 0 saturated heterocycles. The molecule has 0 aromatic heterocycles. The lowest BCUT2D eigenvalue weighted by Gasteiger charge is -2.39. The zero-order chi connectivity index (χ0) is 20.3. The molecule has 7 nitrogen and oxygen atoms in total. The number of ether oxygens (including phenoxy) is 2. The summed E-state index contributed by atoms with van der Waals surface area (Å²) < 4.78 is 9.80. The van der Waals surface area contributed by atoms with Gasteiger partial charge in [0.2, 0.25) is 5.91 Å². The maximum atomic E-state index is 13.1. The topological polar surface area (TPSA) is 84.9 Å². The summed E-state index contributed by atoms with van der Waals surface area (Å²) in [5.41, 5.74) is 1.91. The van der Waals surface area contributed by atoms with E-state index < -0.39 is 17.9 Å². The van der Waals surface area contributed by atoms with Crippen molar-refractivity contribution in [2.24, 2.45) is 0 Å². The van der Waals surface area contributed by atoms with Crippen LogP contribution in [-0.2, 0) is 14.3 Å². The molecule has 2 amide bonds. The number of carbonyl (C=O) groups is 3. The molecule has 0 saturated carbocycles. The van der Waals surface area contributed by atoms with Crippen LogP contribution in [0.15, 0.2) is 48.5 Å². The number of hydrogen-bond acceptors (Lipinski definition) is 5. The van der Waals surface area contributed by atoms with Crippen molar-refractivity contribution in [3.8, 4) is 5.75 Å². The molecule has 0 aliphatic carbocycles. The highest BCUT2D eigenvalue weighted by Gasteiger charge is 2.42. The van der Waals surface area contributed by atoms with Gasteiger partial charge in [-0.15, -0.1) is 0 Å². The molecule has 0 spiro atoms. The summed E-state index contributed by atoms with van der Waals surface area (Å²) in [6, 6.07) is 13.8. The lowest BCUT2D eigenvalue weighted by molar-refractivity contribution is -0.141. The van der Waals surface area contributed by atoms with Gasteiger partial charge in [-0.3, -0.25) is 14.4 Å². The maximum absolute atomic E-state index is 13.1. The second-order valence-corrected chi connectivity index (χ2v) is 6.49. The molecule has 7 heteroatoms. The van der Waals surface area contributed by atoms with Gasteiger partial charge in [-0.2, -0.15) is 0 Å². The minimum atomic E-state index is -0.669. The fourth-order valence-electron chi connectivity index (χ4n) is 3.52. The lowest BCUT2D eigenvalue weighted by atomic mass is 9.79. The number of likely N-dealkylation sites (N-methyl/N-ethyl adjacent to an activating group) is 1. The molecule has 2 aromatic carbocycles. The monoisotopic (exact) mass is 382 g/mol. The summed E-state index contributed by atoms with van der Waals surface area (Å²) in [6.45, 7) is -0.235. The number of amides is 2. The van der Waals surface area contributed by atoms with Gasteiger partial charge in [0.15, 0.2) is 0 Å². The van der Waals surface area contributed by atoms with Crippen molar-refractivity contribution in [1.29, 1.82) is 0 Å². The van der Waals surface area contributed by atoms with E-state index in [2.05, 4.69) is 10.1 Å². The average molecular weight is 382 g/mol. The zero-order valence-electron chi connectivity index (χ0n) is 16.0. The zero-order valence-corrected chi connectivity index (χ0v) is 16.0. The van der Waals surface area contributed by atoms with Gasteiger partial charge in [0.25, 0.3) is 5.91 Å². The number of benzene rings is 2. The first kappa shape index (κ1) is 19.4. The Labute approximate surface area is 163 Å². The molecule has 1 aliphatic rings. The van der Waals surface area contributed by atoms with Gasteiger partial charge in [-0.1, -0.05) is 30.3 Å². The van der Waals surface area contributed by atoms with Crippen molar-refractivity contribution in [3.05, 3.63) is 65.2 Å². The van der Waals surface area contributed by atoms with E-state index in [1.165, 1.54) is 7.11 Å². The number of carbonyl (C=O) groups excluding carboxylic acids is 3. The van der Waals surface area contributed by atoms with Crippen LogP contribution in [0.2, 0.25) is 0 Å². The molecule has 0 radical (unpaired) electrons. The largest absolute Gasteiger partial charge is 0.497 e. The predicted molar refractivity (Wildman–Crippen MR) is 102 cm³/mol. The summed E-state index contributed by atoms with van der Waals surface area (Å²) >= 11 is 0. The first-order valence-corrected chi connectivity index (χ1v) is 8.82. The van der Waals surface area contributed by atoms with Crippen LogP contribution in [0.1, 0.15) is 33.4 Å². The molecule has 28 heavy (non-hydrogen) atoms. The molecule has 1 heterocycles. The highest BCUT2D eigenvalue weighted by molar-refractivity contribution is 6.01. The molecule has 3 rings (SSSR count). The van der Waals surface area contributed by atoms with Gasteiger partial charge >= 0.3 is 5.97 Å². The van der Waals surface area contributed by atoms with Crippen molar-refractivity contribution in [3.63, 3.8) is 0 Å². The Balaban J connectivity index is 2.04. The Morgan fingerprint density at radius 1 is 1.07 bits per heavy atom. The quantitative estimate of drug-likeness (QED) is 0.799. The van der Waals surface area contributed by atoms with Crippen molar-refractivity contribution in [2.45, 2.75) is 12.0 Å². The van der Waals surface area contributed by atoms with Crippen LogP contribution < -0.4 is 10.1 Å². The average Bonchev–Trinajstić information content (AvgIpc) is 2.74. The molecule has 0 bridgehead atoms. The Bertz CT molecular complexity index is 894. The van der Waals surface area contributed by atoms with Crippen molar-refractivity contribution in [2.75, 3.05) is 27.8 Å². The SMILES string of the molecule is COC(=O)CNC(=O)[C@H]1c2ccccc2C(=O)N(C)[C@H]1c1ccc(OC)cc1. The van der Waals surface area contributed by atoms with Crippen LogP contribution in [0, 0.1) is 0 Å². The highest BCUT2D eigenvalue weighted by Crippen LogP contribution is 2.42. The number of rotatable bonds is 5. The molecule has 0 fully saturated rings. The summed E-state index contributed by atoms with van der Waals surface area (Å²) in [5.74, 6) is -1.04. The standard InChI is InChI=1S/C21H22N2O5/c1-23-19(13-8-10-14(27-2)11-9-13)18(20(25)22-12-17(24)28-3)15-6-4-5-7-16(15)21(23)26/h4-11,18-19H,12H2,1-3H3,(H,22,25)/t18-,19-/m0/s1. The molecular formula is C21H22N2O5. The summed E-state index contributed by atoms with van der Waals surface area (Å²) in [4.78, 5) is 39.0. The van der Waals surface area contributed by atoms with E-state index in [1.807, 2.05) is 12.1 Å². The Hall–Kier alpha value is -3.35. The number of methoxy groups -OCH3 is 2. The van der Waals surface area contributed by atoms with Crippen LogP contribution in [0.4, 0.5) is 0 Å². The molecule has 2 atom stereocenters. The van der Waals surface area contributed by atoms with Crippen molar-refractivity contribution < 1.29 is 23.9 Å². The van der Waals surface area contributed by atoms with E-state index in [1.54, 1.807) is 55.5 Å². The fraction of sp³-hybridized carbons (Fsp3) is 0.286. The second kappa shape index (κ2) is 8.12. The van der Waals surface area contributed by atoms with Crippen LogP contribution in [0.5, 0.6) is 5.75 Å². The third kappa shape index (κ3) is 3.55. The van der Waals surface area contributed by atoms with Gasteiger partial charge in [0, 0.05) is 12.6 Å². The Kier molecular flexibility index (Phi) is 5.63. The van der Waals surface area contributed by atoms with Crippen LogP contribution in [0.25, 0.3) is 0 Å². The summed E-state index contributed by atoms with van der Waals surface area (Å²) in [7, 11) is 4.51. The third-order valence-electron chi connectivity index (χ3n) is 4.95. The molecule has 1 aliphatic heterocycles. The molecule has 0 unspecified atom stereocenters. The van der Waals surface area contributed by atoms with Gasteiger partial charge in [-0.05, 0) is 29.3 Å². The van der Waals surface area contributed by atoms with E-state index in [0.717, 1.165) is 5.56 Å². The van der Waals surface area contributed by atoms with Crippen LogP contribution in [0.3, 0.4) is 0 Å². The van der Waals surface area contributed by atoms with Gasteiger partial charge in [-0.25, -0.2) is 0 Å². The highest BCUT2D eigenvalue weighted by atomic mass is 16.5. The van der Waals surface area contributed by atoms with Gasteiger partial charge < -0.3 is 19.7 Å². The predicted octanol–water partition coefficient (Wildman–Crippen LogP) is 1.89. The number of fused-ring (bicyclic) bond motifs is 1. The summed E-state index contributed by atoms with van der Waals surface area (Å²) in [6.07, 6.45) is 0. The summed E-state index contributed by atoms with van der Waals surface area (Å²) in [5, 5.41) is 2.63. The first-order chi connectivity index (χ1) is 13.5. The fourth-order valence-corrected chi connectivity index (χ4v) is 3.52. The second-order valence-electron chi connectivity index (χ2n) is 6.49. The smallest absolute Gasteiger partial charge is 0.325 e. The number of nitrogens with one attached hydrogen (secondary N) is 1. The maximum Gasteiger partial charge on any atom is 0.325 e. The normalized spacial score (nSPS) is 18.2. The number of esters is 1. The Morgan fingerprint density at radius 3 is 2.39 bits per heavy atom. The van der Waals surface area contributed by atoms with Crippen molar-refractivity contribution >= 4 is 17.8 Å². The minimum Gasteiger partial charge on any atom is -0.497 e. The lowest BCUT2D eigenvalue weighted by Crippen LogP contribution is -2.46. The van der Waals surface area contributed by atoms with E-state index in [-0.39, 0.29) is 18.4 Å². The minimum absolute atomic E-state index is 0.159. The number of nitrogens with zero attached hydrogens (tertiary/aromatic N) is 1. The van der Waals surface area contributed by atoms with Crippen LogP contribution in [-0.4, -0.2) is 50.5 Å². The molecule has 1 N–H and O–H groups in total. The third-order valence-corrected chi connectivity index (χ3v) is 4.95. The molecular weight excluding hydrogens is 360 g/mol. The van der Waals surface area contributed by atoms with Crippen LogP contribution >= 0.6 is 0 Å². The van der Waals surface area contributed by atoms with E-state index >= 15 is 0 Å². The number of hydrogen-bond donors (Lipinski definition) is 1. The molecule has 146 valence electrons. The first-order valence-electron chi connectivity index (χ1n) is 8.82. The van der Waals surface area contributed by atoms with E-state index in [9.17, 15) is 14.4 Å².